The van der Waals surface area contributed by atoms with Crippen LogP contribution in [0.4, 0.5) is 9.59 Å². The molecule has 0 spiro atoms. The molecular weight excluding hydrogens is 996 g/mol. The van der Waals surface area contributed by atoms with Gasteiger partial charge in [0.1, 0.15) is 63.8 Å². The topological polar surface area (TPSA) is 230 Å². The largest absolute Gasteiger partial charge is 1.00 e. The average molecular weight is 1070 g/mol. The third-order valence-electron chi connectivity index (χ3n) is 14.0. The van der Waals surface area contributed by atoms with E-state index in [9.17, 15) is 38.4 Å². The van der Waals surface area contributed by atoms with E-state index in [1.807, 2.05) is 50.2 Å². The van der Waals surface area contributed by atoms with Crippen LogP contribution in [-0.2, 0) is 28.7 Å². The Bertz CT molecular complexity index is 2870. The molecule has 8 rings (SSSR count). The van der Waals surface area contributed by atoms with E-state index in [0.29, 0.717) is 40.8 Å². The number of ether oxygens (including phenoxy) is 4. The number of carbonyl (C=O) groups excluding carboxylic acids is 8. The second-order valence-corrected chi connectivity index (χ2v) is 22.4. The molecule has 2 aromatic heterocycles. The summed E-state index contributed by atoms with van der Waals surface area (Å²) >= 11 is 0. The fraction of sp³-hybridized carbons (Fsp3) is 0.466. The van der Waals surface area contributed by atoms with Gasteiger partial charge in [-0.1, -0.05) is 30.4 Å². The van der Waals surface area contributed by atoms with Crippen molar-refractivity contribution in [2.24, 2.45) is 11.8 Å². The second-order valence-electron chi connectivity index (χ2n) is 22.4. The van der Waals surface area contributed by atoms with Crippen molar-refractivity contribution in [3.05, 3.63) is 103 Å². The van der Waals surface area contributed by atoms with Crippen LogP contribution in [0.15, 0.2) is 73.8 Å². The van der Waals surface area contributed by atoms with Gasteiger partial charge >= 0.3 is 41.7 Å². The van der Waals surface area contributed by atoms with E-state index in [2.05, 4.69) is 40.7 Å². The van der Waals surface area contributed by atoms with Crippen molar-refractivity contribution < 1.29 is 86.9 Å². The van der Waals surface area contributed by atoms with Crippen LogP contribution in [0.2, 0.25) is 0 Å². The van der Waals surface area contributed by atoms with Gasteiger partial charge in [0.2, 0.25) is 11.8 Å². The Balaban J connectivity index is 0.000000246. The summed E-state index contributed by atoms with van der Waals surface area (Å²) < 4.78 is 23.8. The number of likely N-dealkylation sites (tertiary alicyclic amines) is 2. The van der Waals surface area contributed by atoms with Gasteiger partial charge in [0, 0.05) is 54.2 Å². The maximum Gasteiger partial charge on any atom is 1.00 e. The molecule has 77 heavy (non-hydrogen) atoms. The third kappa shape index (κ3) is 13.4. The van der Waals surface area contributed by atoms with Crippen molar-refractivity contribution >= 4 is 68.9 Å². The molecule has 8 atom stereocenters. The molecule has 4 amide bonds. The maximum atomic E-state index is 13.5. The molecule has 18 nitrogen and oxygen atoms in total. The molecule has 4 aromatic rings. The van der Waals surface area contributed by atoms with E-state index < -0.39 is 76.4 Å². The van der Waals surface area contributed by atoms with Gasteiger partial charge in [-0.2, -0.15) is 6.92 Å². The SMILES string of the molecule is C=C[C@@H]1C[C@]1(NC(=O)[C@@H]1C[C@@H](Oc2cc(C(C)=O)nc3cc(C)ccc23)CN1C(=O)OC(C)(C)C)C(C)=O.C=C[C@@H]1C[C@]1(NC(=O)[C@@H]1C[C@@H](Oc2cc(C([CH2-])=O)nc3cc(C)ccc23)CN1C(=O)OC(C)(C)C)C(C)=O.[Na+]. The Morgan fingerprint density at radius 2 is 1.01 bits per heavy atom. The number of amides is 4. The van der Waals surface area contributed by atoms with Gasteiger partial charge in [0.15, 0.2) is 17.3 Å². The number of hydrogen-bond donors (Lipinski definition) is 2. The molecule has 404 valence electrons. The number of benzene rings is 2. The maximum absolute atomic E-state index is 13.5. The monoisotopic (exact) mass is 1060 g/mol. The minimum Gasteiger partial charge on any atom is -0.489 e. The van der Waals surface area contributed by atoms with E-state index in [0.717, 1.165) is 16.5 Å². The van der Waals surface area contributed by atoms with Gasteiger partial charge in [-0.3, -0.25) is 33.8 Å². The molecule has 0 bridgehead atoms. The number of ketones is 4. The molecule has 2 aliphatic carbocycles. The first-order valence-electron chi connectivity index (χ1n) is 25.4. The van der Waals surface area contributed by atoms with E-state index in [1.165, 1.54) is 36.6 Å². The van der Waals surface area contributed by atoms with Gasteiger partial charge in [-0.05, 0) is 123 Å². The molecule has 2 aromatic carbocycles. The zero-order valence-electron chi connectivity index (χ0n) is 46.3. The Morgan fingerprint density at radius 1 is 0.636 bits per heavy atom. The molecule has 4 fully saturated rings. The summed E-state index contributed by atoms with van der Waals surface area (Å²) in [6.45, 7) is 29.8. The number of hydrogen-bond acceptors (Lipinski definition) is 14. The van der Waals surface area contributed by atoms with E-state index in [4.69, 9.17) is 18.9 Å². The summed E-state index contributed by atoms with van der Waals surface area (Å²) in [7, 11) is 0. The number of nitrogens with one attached hydrogen (secondary N) is 2. The summed E-state index contributed by atoms with van der Waals surface area (Å²) in [5.41, 5.74) is 0.0482. The summed E-state index contributed by atoms with van der Waals surface area (Å²) in [5, 5.41) is 7.17. The first-order valence-corrected chi connectivity index (χ1v) is 25.4. The normalized spacial score (nSPS) is 24.2. The molecule has 4 aliphatic rings. The number of pyridine rings is 2. The number of fused-ring (bicyclic) bond motifs is 2. The van der Waals surface area contributed by atoms with E-state index in [1.54, 1.807) is 59.8 Å². The number of carbonyl (C=O) groups is 8. The quantitative estimate of drug-likeness (QED) is 0.0723. The second kappa shape index (κ2) is 22.8. The first kappa shape index (κ1) is 59.6. The molecule has 0 radical (unpaired) electrons. The Labute approximate surface area is 471 Å². The number of nitrogens with zero attached hydrogens (tertiary/aromatic N) is 4. The van der Waals surface area contributed by atoms with Crippen LogP contribution in [0.25, 0.3) is 21.8 Å². The number of aryl methyl sites for hydroxylation is 2. The molecule has 2 N–H and O–H groups in total. The molecule has 2 saturated heterocycles. The van der Waals surface area contributed by atoms with Crippen molar-refractivity contribution in [3.8, 4) is 11.5 Å². The zero-order chi connectivity index (χ0) is 56.0. The summed E-state index contributed by atoms with van der Waals surface area (Å²) in [6, 6.07) is 12.6. The van der Waals surface area contributed by atoms with Crippen molar-refractivity contribution in [2.45, 2.75) is 148 Å². The fourth-order valence-electron chi connectivity index (χ4n) is 9.82. The Kier molecular flexibility index (Phi) is 17.6. The minimum absolute atomic E-state index is 0. The number of Topliss-reactive ketones (excluding diaryl/α,β-unsaturated/α-hetero) is 4. The van der Waals surface area contributed by atoms with Gasteiger partial charge in [0.05, 0.1) is 24.1 Å². The number of aromatic nitrogens is 2. The Morgan fingerprint density at radius 3 is 1.34 bits per heavy atom. The minimum atomic E-state index is -1.00. The van der Waals surface area contributed by atoms with E-state index >= 15 is 0 Å². The predicted octanol–water partition coefficient (Wildman–Crippen LogP) is 5.12. The van der Waals surface area contributed by atoms with Crippen LogP contribution >= 0.6 is 0 Å². The van der Waals surface area contributed by atoms with Crippen LogP contribution in [0.5, 0.6) is 11.5 Å². The van der Waals surface area contributed by atoms with Crippen LogP contribution in [0.1, 0.15) is 120 Å². The third-order valence-corrected chi connectivity index (χ3v) is 14.0. The van der Waals surface area contributed by atoms with Crippen LogP contribution in [0.3, 0.4) is 0 Å². The van der Waals surface area contributed by atoms with Crippen LogP contribution in [0, 0.1) is 32.6 Å². The van der Waals surface area contributed by atoms with Crippen molar-refractivity contribution in [1.29, 1.82) is 0 Å². The van der Waals surface area contributed by atoms with Crippen molar-refractivity contribution in [1.82, 2.24) is 30.4 Å². The van der Waals surface area contributed by atoms with Gasteiger partial charge < -0.3 is 39.4 Å². The van der Waals surface area contributed by atoms with Crippen molar-refractivity contribution in [2.75, 3.05) is 13.1 Å². The van der Waals surface area contributed by atoms with Gasteiger partial charge in [-0.25, -0.2) is 14.6 Å². The molecular formula is C58H69N6NaO12. The molecule has 4 heterocycles. The first-order chi connectivity index (χ1) is 35.5. The predicted molar refractivity (Wildman–Crippen MR) is 284 cm³/mol. The average Bonchev–Trinajstić information content (AvgIpc) is 4.10. The molecule has 2 saturated carbocycles. The van der Waals surface area contributed by atoms with Crippen molar-refractivity contribution in [3.63, 3.8) is 0 Å². The van der Waals surface area contributed by atoms with Gasteiger partial charge in [0.25, 0.3) is 0 Å². The fourth-order valence-corrected chi connectivity index (χ4v) is 9.82. The Hall–Kier alpha value is -6.63. The van der Waals surface area contributed by atoms with Crippen LogP contribution in [-0.4, -0.2) is 127 Å². The smallest absolute Gasteiger partial charge is 0.489 e. The standard InChI is InChI=1S/C29H35N3O6.C29H34N3O6.Na/c2*1-8-19-14-29(19,18(4)34)31-26(35)24-12-20(15-32(24)27(36)38-28(5,6)7)37-25-13-22(17(3)33)30-23-11-16(2)9-10-21(23)25;/h8-11,13,19-20,24H,1,12,14-15H2,2-7H3,(H,31,35);8-11,13,19-20,24H,1,3,12,14-15H2,2,4-7H3,(H,31,35);/q;-1;+1/t2*19-,20-,24+,29+;/m11./s1. The zero-order valence-corrected chi connectivity index (χ0v) is 48.3. The summed E-state index contributed by atoms with van der Waals surface area (Å²) in [4.78, 5) is 114. The van der Waals surface area contributed by atoms with E-state index in [-0.39, 0.29) is 96.1 Å². The summed E-state index contributed by atoms with van der Waals surface area (Å²) in [5.74, 6) is -1.31. The number of rotatable bonds is 14. The van der Waals surface area contributed by atoms with Gasteiger partial charge in [-0.15, -0.1) is 13.2 Å². The molecule has 19 heteroatoms. The summed E-state index contributed by atoms with van der Waals surface area (Å²) in [6.07, 6.45) is 2.19. The van der Waals surface area contributed by atoms with Crippen LogP contribution < -0.4 is 49.7 Å². The molecule has 2 aliphatic heterocycles. The molecule has 0 unspecified atom stereocenters.